The van der Waals surface area contributed by atoms with Crippen molar-refractivity contribution in [1.29, 1.82) is 5.26 Å². The predicted molar refractivity (Wildman–Crippen MR) is 171 cm³/mol. The van der Waals surface area contributed by atoms with Crippen LogP contribution in [0.1, 0.15) is 37.7 Å². The predicted octanol–water partition coefficient (Wildman–Crippen LogP) is 5.05. The van der Waals surface area contributed by atoms with E-state index in [1.54, 1.807) is 12.1 Å². The van der Waals surface area contributed by atoms with Gasteiger partial charge in [0.05, 0.1) is 28.4 Å². The number of aromatic nitrogens is 1. The summed E-state index contributed by atoms with van der Waals surface area (Å²) in [5, 5.41) is 14.0. The Morgan fingerprint density at radius 3 is 2.29 bits per heavy atom. The topological polar surface area (TPSA) is 116 Å². The largest absolute Gasteiger partial charge is 0.453 e. The van der Waals surface area contributed by atoms with E-state index in [0.29, 0.717) is 5.92 Å². The van der Waals surface area contributed by atoms with E-state index in [-0.39, 0.29) is 27.7 Å². The lowest BCUT2D eigenvalue weighted by Gasteiger charge is -2.48. The molecule has 3 aromatic rings. The van der Waals surface area contributed by atoms with Crippen molar-refractivity contribution in [2.45, 2.75) is 53.4 Å². The molecule has 1 aromatic heterocycles. The van der Waals surface area contributed by atoms with Gasteiger partial charge in [-0.1, -0.05) is 36.8 Å². The number of alkyl carbamates (subject to hydrolysis) is 1. The molecule has 3 atom stereocenters. The fourth-order valence-corrected chi connectivity index (χ4v) is 9.16. The summed E-state index contributed by atoms with van der Waals surface area (Å²) in [5.74, 6) is 0.776. The van der Waals surface area contributed by atoms with E-state index in [1.807, 2.05) is 30.3 Å². The van der Waals surface area contributed by atoms with Crippen LogP contribution in [0.4, 0.5) is 10.5 Å². The van der Waals surface area contributed by atoms with Crippen LogP contribution in [0.3, 0.4) is 0 Å². The first-order valence-electron chi connectivity index (χ1n) is 15.9. The number of sulfone groups is 1. The summed E-state index contributed by atoms with van der Waals surface area (Å²) in [6.07, 6.45) is 7.17. The Balaban J connectivity index is 1.07. The molecule has 2 aromatic carbocycles. The normalized spacial score (nSPS) is 22.6. The average Bonchev–Trinajstić information content (AvgIpc) is 3.53. The number of pyridine rings is 1. The molecule has 0 spiro atoms. The molecule has 2 aliphatic heterocycles. The second-order valence-electron chi connectivity index (χ2n) is 12.7. The maximum absolute atomic E-state index is 12.9. The lowest BCUT2D eigenvalue weighted by Crippen LogP contribution is -2.55. The van der Waals surface area contributed by atoms with Crippen molar-refractivity contribution < 1.29 is 17.9 Å². The number of amides is 1. The number of likely N-dealkylation sites (tertiary alicyclic amines) is 1. The smallest absolute Gasteiger partial charge is 0.407 e. The van der Waals surface area contributed by atoms with Crippen molar-refractivity contribution in [1.82, 2.24) is 15.2 Å². The van der Waals surface area contributed by atoms with Crippen molar-refractivity contribution in [3.05, 3.63) is 84.7 Å². The molecular formula is C35H41N5O4S. The number of rotatable bonds is 9. The van der Waals surface area contributed by atoms with Gasteiger partial charge in [-0.05, 0) is 86.7 Å². The molecule has 1 unspecified atom stereocenters. The molecular weight excluding hydrogens is 586 g/mol. The third kappa shape index (κ3) is 6.16. The fourth-order valence-electron chi connectivity index (χ4n) is 7.92. The van der Waals surface area contributed by atoms with Gasteiger partial charge in [-0.3, -0.25) is 4.98 Å². The van der Waals surface area contributed by atoms with E-state index in [4.69, 9.17) is 4.74 Å². The van der Waals surface area contributed by atoms with Crippen LogP contribution in [0.5, 0.6) is 0 Å². The first-order valence-corrected chi connectivity index (χ1v) is 17.4. The highest BCUT2D eigenvalue weighted by molar-refractivity contribution is 7.91. The standard InChI is InChI=1S/C35H41N5O4S/c1-44-34(41)38-33-9-5-8-32(33)35(25-36,27-6-3-2-4-7-27)28-16-20-39(21-17-28)22-26-23-40(24-26)29-10-12-30(13-11-29)45(42,43)31-14-18-37-19-15-31/h2-4,6-7,10-15,18-19,26,28,32-33H,5,8-9,16-17,20-24H2,1H3,(H,38,41)/t32-,33-,35?/m1/s1. The van der Waals surface area contributed by atoms with Gasteiger partial charge in [0.1, 0.15) is 0 Å². The minimum absolute atomic E-state index is 0.0341. The number of nitriles is 1. The molecule has 0 radical (unpaired) electrons. The number of piperidine rings is 1. The monoisotopic (exact) mass is 627 g/mol. The second-order valence-corrected chi connectivity index (χ2v) is 14.6. The third-order valence-electron chi connectivity index (χ3n) is 10.2. The maximum Gasteiger partial charge on any atom is 0.407 e. The Bertz CT molecular complexity index is 1600. The summed E-state index contributed by atoms with van der Waals surface area (Å²) in [6.45, 7) is 4.77. The minimum Gasteiger partial charge on any atom is -0.453 e. The summed E-state index contributed by atoms with van der Waals surface area (Å²) in [6, 6.07) is 23.2. The number of anilines is 1. The molecule has 236 valence electrons. The molecule has 3 aliphatic rings. The highest BCUT2D eigenvalue weighted by atomic mass is 32.2. The summed E-state index contributed by atoms with van der Waals surface area (Å²) >= 11 is 0. The number of ether oxygens (including phenoxy) is 1. The number of methoxy groups -OCH3 is 1. The van der Waals surface area contributed by atoms with Crippen LogP contribution < -0.4 is 10.2 Å². The zero-order valence-corrected chi connectivity index (χ0v) is 26.5. The van der Waals surface area contributed by atoms with Gasteiger partial charge in [-0.2, -0.15) is 5.26 Å². The zero-order valence-electron chi connectivity index (χ0n) is 25.7. The molecule has 1 saturated carbocycles. The van der Waals surface area contributed by atoms with Gasteiger partial charge in [0.25, 0.3) is 0 Å². The highest BCUT2D eigenvalue weighted by Gasteiger charge is 2.52. The van der Waals surface area contributed by atoms with Crippen LogP contribution in [0, 0.1) is 29.1 Å². The van der Waals surface area contributed by atoms with Gasteiger partial charge in [-0.15, -0.1) is 0 Å². The molecule has 1 N–H and O–H groups in total. The average molecular weight is 628 g/mol. The molecule has 3 fully saturated rings. The Morgan fingerprint density at radius 1 is 0.978 bits per heavy atom. The molecule has 0 bridgehead atoms. The van der Waals surface area contributed by atoms with E-state index in [1.165, 1.54) is 31.6 Å². The van der Waals surface area contributed by atoms with Crippen LogP contribution in [0.25, 0.3) is 0 Å². The molecule has 10 heteroatoms. The SMILES string of the molecule is COC(=O)N[C@@H]1CCC[C@H]1C(C#N)(c1ccccc1)C1CCN(CC2CN(c3ccc(S(=O)(=O)c4ccncc4)cc3)C2)CC1. The van der Waals surface area contributed by atoms with Crippen LogP contribution >= 0.6 is 0 Å². The summed E-state index contributed by atoms with van der Waals surface area (Å²) in [5.41, 5.74) is 1.43. The molecule has 2 saturated heterocycles. The van der Waals surface area contributed by atoms with Gasteiger partial charge in [0.2, 0.25) is 9.84 Å². The first-order chi connectivity index (χ1) is 21.8. The number of carbonyl (C=O) groups is 1. The Kier molecular flexibility index (Phi) is 9.11. The third-order valence-corrected chi connectivity index (χ3v) is 12.0. The van der Waals surface area contributed by atoms with Gasteiger partial charge >= 0.3 is 6.09 Å². The molecule has 9 nitrogen and oxygen atoms in total. The number of nitrogens with one attached hydrogen (secondary N) is 1. The van der Waals surface area contributed by atoms with Crippen LogP contribution in [-0.2, 0) is 20.0 Å². The van der Waals surface area contributed by atoms with Gasteiger partial charge in [0.15, 0.2) is 0 Å². The van der Waals surface area contributed by atoms with E-state index in [2.05, 4.69) is 38.3 Å². The lowest BCUT2D eigenvalue weighted by atomic mass is 9.59. The molecule has 1 aliphatic carbocycles. The van der Waals surface area contributed by atoms with Crippen LogP contribution in [-0.4, -0.2) is 70.3 Å². The minimum atomic E-state index is -3.56. The number of hydrogen-bond donors (Lipinski definition) is 1. The highest BCUT2D eigenvalue weighted by Crippen LogP contribution is 2.50. The van der Waals surface area contributed by atoms with E-state index in [0.717, 1.165) is 76.1 Å². The number of carbonyl (C=O) groups excluding carboxylic acids is 1. The summed E-state index contributed by atoms with van der Waals surface area (Å²) in [7, 11) is -2.17. The van der Waals surface area contributed by atoms with Gasteiger partial charge < -0.3 is 19.9 Å². The van der Waals surface area contributed by atoms with Crippen LogP contribution in [0.2, 0.25) is 0 Å². The Labute approximate surface area is 266 Å². The molecule has 3 heterocycles. The number of benzene rings is 2. The van der Waals surface area contributed by atoms with Crippen LogP contribution in [0.15, 0.2) is 88.9 Å². The van der Waals surface area contributed by atoms with E-state index in [9.17, 15) is 18.5 Å². The van der Waals surface area contributed by atoms with Crippen molar-refractivity contribution in [2.24, 2.45) is 17.8 Å². The quantitative estimate of drug-likeness (QED) is 0.351. The number of hydrogen-bond acceptors (Lipinski definition) is 8. The second kappa shape index (κ2) is 13.2. The van der Waals surface area contributed by atoms with Crippen molar-refractivity contribution in [2.75, 3.05) is 44.7 Å². The lowest BCUT2D eigenvalue weighted by molar-refractivity contribution is 0.0939. The van der Waals surface area contributed by atoms with E-state index < -0.39 is 21.3 Å². The molecule has 6 rings (SSSR count). The first kappa shape index (κ1) is 31.1. The zero-order chi connectivity index (χ0) is 31.4. The maximum atomic E-state index is 12.9. The van der Waals surface area contributed by atoms with Gasteiger partial charge in [-0.25, -0.2) is 13.2 Å². The number of nitrogens with zero attached hydrogens (tertiary/aromatic N) is 4. The van der Waals surface area contributed by atoms with Gasteiger partial charge in [0, 0.05) is 55.6 Å². The molecule has 1 amide bonds. The fraction of sp³-hybridized carbons (Fsp3) is 0.457. The molecule has 45 heavy (non-hydrogen) atoms. The summed E-state index contributed by atoms with van der Waals surface area (Å²) in [4.78, 5) is 21.5. The Morgan fingerprint density at radius 2 is 1.64 bits per heavy atom. The Hall–Kier alpha value is -3.94. The summed E-state index contributed by atoms with van der Waals surface area (Å²) < 4.78 is 30.8. The van der Waals surface area contributed by atoms with E-state index >= 15 is 0 Å². The van der Waals surface area contributed by atoms with Crippen molar-refractivity contribution >= 4 is 21.6 Å². The van der Waals surface area contributed by atoms with Crippen molar-refractivity contribution in [3.63, 3.8) is 0 Å². The van der Waals surface area contributed by atoms with Crippen molar-refractivity contribution in [3.8, 4) is 6.07 Å².